The zero-order valence-electron chi connectivity index (χ0n) is 23.4. The fraction of sp³-hybridized carbons (Fsp3) is 0.375. The van der Waals surface area contributed by atoms with Crippen molar-refractivity contribution in [1.82, 2.24) is 9.88 Å². The highest BCUT2D eigenvalue weighted by Gasteiger charge is 2.33. The van der Waals surface area contributed by atoms with Crippen molar-refractivity contribution in [3.8, 4) is 22.8 Å². The van der Waals surface area contributed by atoms with Crippen molar-refractivity contribution in [2.24, 2.45) is 5.92 Å². The van der Waals surface area contributed by atoms with E-state index in [9.17, 15) is 13.6 Å². The van der Waals surface area contributed by atoms with Crippen molar-refractivity contribution in [3.63, 3.8) is 0 Å². The highest BCUT2D eigenvalue weighted by Crippen LogP contribution is 2.41. The zero-order chi connectivity index (χ0) is 29.1. The van der Waals surface area contributed by atoms with E-state index < -0.39 is 11.6 Å². The third-order valence-corrected chi connectivity index (χ3v) is 9.63. The summed E-state index contributed by atoms with van der Waals surface area (Å²) in [6.45, 7) is 4.87. The van der Waals surface area contributed by atoms with Gasteiger partial charge in [0.15, 0.2) is 0 Å². The van der Waals surface area contributed by atoms with E-state index in [2.05, 4.69) is 11.9 Å². The van der Waals surface area contributed by atoms with Gasteiger partial charge in [-0.1, -0.05) is 31.0 Å². The molecular formula is C32H33ClF2N2O3S. The number of carbonyl (C=O) groups is 1. The molecule has 41 heavy (non-hydrogen) atoms. The van der Waals surface area contributed by atoms with Crippen molar-refractivity contribution in [2.75, 3.05) is 13.7 Å². The van der Waals surface area contributed by atoms with E-state index in [-0.39, 0.29) is 38.5 Å². The van der Waals surface area contributed by atoms with Crippen LogP contribution in [0.2, 0.25) is 5.02 Å². The van der Waals surface area contributed by atoms with Gasteiger partial charge in [-0.15, -0.1) is 11.3 Å². The topological polar surface area (TPSA) is 51.7 Å². The van der Waals surface area contributed by atoms with Crippen LogP contribution in [-0.4, -0.2) is 35.5 Å². The minimum atomic E-state index is -0.644. The normalized spacial score (nSPS) is 17.0. The first-order valence-electron chi connectivity index (χ1n) is 14.0. The standard InChI is InChI=1S/C32H33ClF2N2O3S/c1-4-19-6-9-23(10-7-19)37(32(38)31-29(33)28-24(34)11-12-25(35)30(28)41-31)18-22-16-20(8-13-26(22)39-3)21-14-15-36-27(17-21)40-5-2/h8,11-17,19,23H,4-7,9-10,18H2,1-3H3. The molecule has 1 aliphatic rings. The molecule has 0 saturated heterocycles. The molecule has 5 rings (SSSR count). The van der Waals surface area contributed by atoms with Crippen molar-refractivity contribution in [3.05, 3.63) is 75.8 Å². The number of amides is 1. The van der Waals surface area contributed by atoms with E-state index in [1.165, 1.54) is 0 Å². The summed E-state index contributed by atoms with van der Waals surface area (Å²) in [6.07, 6.45) is 6.53. The molecule has 1 amide bonds. The number of nitrogens with zero attached hydrogens (tertiary/aromatic N) is 2. The van der Waals surface area contributed by atoms with Crippen LogP contribution in [0, 0.1) is 17.6 Å². The van der Waals surface area contributed by atoms with Gasteiger partial charge >= 0.3 is 0 Å². The van der Waals surface area contributed by atoms with Gasteiger partial charge in [0, 0.05) is 30.4 Å². The lowest BCUT2D eigenvalue weighted by molar-refractivity contribution is 0.0591. The van der Waals surface area contributed by atoms with Crippen molar-refractivity contribution in [1.29, 1.82) is 0 Å². The SMILES string of the molecule is CCOc1cc(-c2ccc(OC)c(CN(C(=O)c3sc4c(F)ccc(F)c4c3Cl)C3CCC(CC)CC3)c2)ccn1. The number of carbonyl (C=O) groups excluding carboxylic acids is 1. The Kier molecular flexibility index (Phi) is 9.09. The second-order valence-corrected chi connectivity index (χ2v) is 11.7. The van der Waals surface area contributed by atoms with Gasteiger partial charge in [0.1, 0.15) is 22.3 Å². The van der Waals surface area contributed by atoms with Crippen LogP contribution in [0.15, 0.2) is 48.7 Å². The highest BCUT2D eigenvalue weighted by molar-refractivity contribution is 7.21. The quantitative estimate of drug-likeness (QED) is 0.193. The van der Waals surface area contributed by atoms with Crippen molar-refractivity contribution < 1.29 is 23.0 Å². The number of hydrogen-bond acceptors (Lipinski definition) is 5. The number of ether oxygens (including phenoxy) is 2. The van der Waals surface area contributed by atoms with Gasteiger partial charge in [0.25, 0.3) is 5.91 Å². The summed E-state index contributed by atoms with van der Waals surface area (Å²) in [7, 11) is 1.60. The third-order valence-electron chi connectivity index (χ3n) is 7.95. The van der Waals surface area contributed by atoms with Crippen LogP contribution in [-0.2, 0) is 6.54 Å². The molecule has 0 bridgehead atoms. The summed E-state index contributed by atoms with van der Waals surface area (Å²) < 4.78 is 40.6. The van der Waals surface area contributed by atoms with E-state index in [1.807, 2.05) is 42.2 Å². The van der Waals surface area contributed by atoms with E-state index in [0.29, 0.717) is 24.2 Å². The fourth-order valence-corrected chi connectivity index (χ4v) is 7.18. The molecule has 4 aromatic rings. The second kappa shape index (κ2) is 12.7. The average Bonchev–Trinajstić information content (AvgIpc) is 3.36. The number of halogens is 3. The van der Waals surface area contributed by atoms with Crippen LogP contribution in [0.4, 0.5) is 8.78 Å². The molecule has 1 saturated carbocycles. The van der Waals surface area contributed by atoms with Gasteiger partial charge < -0.3 is 14.4 Å². The molecular weight excluding hydrogens is 566 g/mol. The highest BCUT2D eigenvalue weighted by atomic mass is 35.5. The third kappa shape index (κ3) is 6.04. The molecule has 0 aliphatic heterocycles. The maximum absolute atomic E-state index is 14.7. The molecule has 1 aliphatic carbocycles. The molecule has 9 heteroatoms. The summed E-state index contributed by atoms with van der Waals surface area (Å²) in [4.78, 5) is 20.5. The van der Waals surface area contributed by atoms with Crippen LogP contribution < -0.4 is 9.47 Å². The Morgan fingerprint density at radius 2 is 1.78 bits per heavy atom. The zero-order valence-corrected chi connectivity index (χ0v) is 25.0. The first-order valence-corrected chi connectivity index (χ1v) is 15.2. The molecule has 0 spiro atoms. The molecule has 0 N–H and O–H groups in total. The van der Waals surface area contributed by atoms with Crippen LogP contribution in [0.5, 0.6) is 11.6 Å². The molecule has 216 valence electrons. The Morgan fingerprint density at radius 1 is 1.05 bits per heavy atom. The fourth-order valence-electron chi connectivity index (χ4n) is 5.68. The first kappa shape index (κ1) is 29.3. The van der Waals surface area contributed by atoms with Gasteiger partial charge in [-0.2, -0.15) is 0 Å². The number of rotatable bonds is 9. The van der Waals surface area contributed by atoms with Gasteiger partial charge in [0.05, 0.1) is 28.8 Å². The Hall–Kier alpha value is -3.23. The number of aromatic nitrogens is 1. The largest absolute Gasteiger partial charge is 0.496 e. The molecule has 0 unspecified atom stereocenters. The Labute approximate surface area is 248 Å². The maximum atomic E-state index is 14.7. The van der Waals surface area contributed by atoms with Crippen molar-refractivity contribution in [2.45, 2.75) is 58.5 Å². The summed E-state index contributed by atoms with van der Waals surface area (Å²) in [5, 5.41) is -0.0859. The monoisotopic (exact) mass is 598 g/mol. The number of benzene rings is 2. The lowest BCUT2D eigenvalue weighted by Crippen LogP contribution is -2.41. The molecule has 0 atom stereocenters. The Bertz CT molecular complexity index is 1550. The molecule has 2 heterocycles. The van der Waals surface area contributed by atoms with Gasteiger partial charge in [-0.05, 0) is 80.0 Å². The number of fused-ring (bicyclic) bond motifs is 1. The minimum Gasteiger partial charge on any atom is -0.496 e. The second-order valence-electron chi connectivity index (χ2n) is 10.3. The average molecular weight is 599 g/mol. The maximum Gasteiger partial charge on any atom is 0.266 e. The number of pyridine rings is 1. The van der Waals surface area contributed by atoms with Gasteiger partial charge in [-0.3, -0.25) is 4.79 Å². The van der Waals surface area contributed by atoms with Gasteiger partial charge in [0.2, 0.25) is 5.88 Å². The number of thiophene rings is 1. The summed E-state index contributed by atoms with van der Waals surface area (Å²) >= 11 is 7.49. The predicted molar refractivity (Wildman–Crippen MR) is 160 cm³/mol. The van der Waals surface area contributed by atoms with Crippen LogP contribution in [0.3, 0.4) is 0 Å². The lowest BCUT2D eigenvalue weighted by atomic mass is 9.83. The lowest BCUT2D eigenvalue weighted by Gasteiger charge is -2.37. The Balaban J connectivity index is 1.55. The van der Waals surface area contributed by atoms with Gasteiger partial charge in [-0.25, -0.2) is 13.8 Å². The summed E-state index contributed by atoms with van der Waals surface area (Å²) in [5.74, 6) is 0.238. The van der Waals surface area contributed by atoms with E-state index >= 15 is 0 Å². The summed E-state index contributed by atoms with van der Waals surface area (Å²) in [6, 6.07) is 11.7. The van der Waals surface area contributed by atoms with Crippen molar-refractivity contribution >= 4 is 38.9 Å². The predicted octanol–water partition coefficient (Wildman–Crippen LogP) is 8.91. The number of methoxy groups -OCH3 is 1. The Morgan fingerprint density at radius 3 is 2.46 bits per heavy atom. The first-order chi connectivity index (χ1) is 19.8. The molecule has 0 radical (unpaired) electrons. The van der Waals surface area contributed by atoms with E-state index in [0.717, 1.165) is 72.3 Å². The molecule has 5 nitrogen and oxygen atoms in total. The van der Waals surface area contributed by atoms with Crippen LogP contribution in [0.1, 0.15) is 61.2 Å². The number of hydrogen-bond donors (Lipinski definition) is 0. The van der Waals surface area contributed by atoms with E-state index in [1.54, 1.807) is 13.3 Å². The van der Waals surface area contributed by atoms with E-state index in [4.69, 9.17) is 21.1 Å². The smallest absolute Gasteiger partial charge is 0.266 e. The minimum absolute atomic E-state index is 0.0415. The van der Waals surface area contributed by atoms with Crippen LogP contribution in [0.25, 0.3) is 21.2 Å². The molecule has 1 fully saturated rings. The molecule has 2 aromatic carbocycles. The van der Waals surface area contributed by atoms with Crippen LogP contribution >= 0.6 is 22.9 Å². The molecule has 2 aromatic heterocycles. The summed E-state index contributed by atoms with van der Waals surface area (Å²) in [5.41, 5.74) is 2.67.